The first kappa shape index (κ1) is 15.2. The highest BCUT2D eigenvalue weighted by Crippen LogP contribution is 2.24. The van der Waals surface area contributed by atoms with Crippen LogP contribution in [0.15, 0.2) is 23.1 Å². The van der Waals surface area contributed by atoms with Crippen molar-refractivity contribution in [2.75, 3.05) is 33.4 Å². The smallest absolute Gasteiger partial charge is 0.339 e. The summed E-state index contributed by atoms with van der Waals surface area (Å²) in [6, 6.07) is 3.99. The van der Waals surface area contributed by atoms with Gasteiger partial charge in [0, 0.05) is 13.1 Å². The van der Waals surface area contributed by atoms with Crippen LogP contribution in [0.5, 0.6) is 0 Å². The molecule has 0 radical (unpaired) electrons. The first-order chi connectivity index (χ1) is 9.46. The molecule has 0 saturated carbocycles. The molecule has 6 nitrogen and oxygen atoms in total. The van der Waals surface area contributed by atoms with Crippen LogP contribution in [-0.2, 0) is 19.5 Å². The van der Waals surface area contributed by atoms with Gasteiger partial charge in [-0.25, -0.2) is 13.2 Å². The van der Waals surface area contributed by atoms with E-state index in [1.165, 1.54) is 29.6 Å². The van der Waals surface area contributed by atoms with Crippen LogP contribution in [0.4, 0.5) is 0 Å². The van der Waals surface area contributed by atoms with Crippen molar-refractivity contribution in [2.24, 2.45) is 0 Å². The third kappa shape index (κ3) is 2.95. The summed E-state index contributed by atoms with van der Waals surface area (Å²) < 4.78 is 35.9. The molecule has 0 unspecified atom stereocenters. The minimum atomic E-state index is -3.66. The highest BCUT2D eigenvalue weighted by Gasteiger charge is 2.27. The SMILES string of the molecule is COC(=O)c1cc(S(=O)(=O)N2CCOCC2)ccc1Cl. The van der Waals surface area contributed by atoms with Crippen molar-refractivity contribution in [3.05, 3.63) is 28.8 Å². The molecule has 1 saturated heterocycles. The van der Waals surface area contributed by atoms with E-state index in [0.717, 1.165) is 0 Å². The predicted octanol–water partition coefficient (Wildman–Crippen LogP) is 1.15. The maximum absolute atomic E-state index is 12.4. The number of hydrogen-bond acceptors (Lipinski definition) is 5. The lowest BCUT2D eigenvalue weighted by Crippen LogP contribution is -2.40. The highest BCUT2D eigenvalue weighted by atomic mass is 35.5. The average molecular weight is 320 g/mol. The molecule has 0 aromatic heterocycles. The molecule has 110 valence electrons. The fraction of sp³-hybridized carbons (Fsp3) is 0.417. The van der Waals surface area contributed by atoms with Gasteiger partial charge in [-0.15, -0.1) is 0 Å². The van der Waals surface area contributed by atoms with Crippen LogP contribution in [-0.4, -0.2) is 52.1 Å². The van der Waals surface area contributed by atoms with Gasteiger partial charge in [0.2, 0.25) is 10.0 Å². The standard InChI is InChI=1S/C12H14ClNO5S/c1-18-12(15)10-8-9(2-3-11(10)13)20(16,17)14-4-6-19-7-5-14/h2-3,8H,4-7H2,1H3. The van der Waals surface area contributed by atoms with Crippen LogP contribution in [0, 0.1) is 0 Å². The van der Waals surface area contributed by atoms with Gasteiger partial charge in [-0.1, -0.05) is 11.6 Å². The Bertz CT molecular complexity index is 610. The maximum atomic E-state index is 12.4. The Morgan fingerprint density at radius 3 is 2.60 bits per heavy atom. The lowest BCUT2D eigenvalue weighted by Gasteiger charge is -2.26. The molecular formula is C12H14ClNO5S. The fourth-order valence-corrected chi connectivity index (χ4v) is 3.50. The third-order valence-electron chi connectivity index (χ3n) is 2.95. The van der Waals surface area contributed by atoms with E-state index in [1.54, 1.807) is 0 Å². The normalized spacial score (nSPS) is 16.9. The molecule has 1 fully saturated rings. The summed E-state index contributed by atoms with van der Waals surface area (Å²) in [4.78, 5) is 11.6. The molecule has 8 heteroatoms. The first-order valence-electron chi connectivity index (χ1n) is 5.92. The molecule has 0 amide bonds. The number of carbonyl (C=O) groups excluding carboxylic acids is 1. The van der Waals surface area contributed by atoms with Crippen molar-refractivity contribution < 1.29 is 22.7 Å². The van der Waals surface area contributed by atoms with E-state index in [-0.39, 0.29) is 15.5 Å². The molecule has 1 aromatic rings. The predicted molar refractivity (Wildman–Crippen MR) is 72.4 cm³/mol. The van der Waals surface area contributed by atoms with Gasteiger partial charge in [0.15, 0.2) is 0 Å². The highest BCUT2D eigenvalue weighted by molar-refractivity contribution is 7.89. The number of rotatable bonds is 3. The van der Waals surface area contributed by atoms with Crippen molar-refractivity contribution in [1.29, 1.82) is 0 Å². The summed E-state index contributed by atoms with van der Waals surface area (Å²) in [6.07, 6.45) is 0. The van der Waals surface area contributed by atoms with Gasteiger partial charge in [-0.05, 0) is 18.2 Å². The largest absolute Gasteiger partial charge is 0.465 e. The zero-order valence-electron chi connectivity index (χ0n) is 10.8. The quantitative estimate of drug-likeness (QED) is 0.781. The summed E-state index contributed by atoms with van der Waals surface area (Å²) >= 11 is 5.88. The van der Waals surface area contributed by atoms with Crippen molar-refractivity contribution in [3.8, 4) is 0 Å². The number of methoxy groups -OCH3 is 1. The van der Waals surface area contributed by atoms with E-state index < -0.39 is 16.0 Å². The number of halogens is 1. The lowest BCUT2D eigenvalue weighted by molar-refractivity contribution is 0.0600. The molecule has 0 N–H and O–H groups in total. The van der Waals surface area contributed by atoms with E-state index >= 15 is 0 Å². The molecular weight excluding hydrogens is 306 g/mol. The number of hydrogen-bond donors (Lipinski definition) is 0. The Balaban J connectivity index is 2.39. The summed E-state index contributed by atoms with van der Waals surface area (Å²) in [5, 5.41) is 0.151. The summed E-state index contributed by atoms with van der Waals surface area (Å²) in [5.74, 6) is -0.672. The van der Waals surface area contributed by atoms with Crippen LogP contribution >= 0.6 is 11.6 Å². The number of ether oxygens (including phenoxy) is 2. The number of esters is 1. The minimum Gasteiger partial charge on any atom is -0.465 e. The Kier molecular flexibility index (Phi) is 4.64. The second-order valence-electron chi connectivity index (χ2n) is 4.15. The molecule has 20 heavy (non-hydrogen) atoms. The Hall–Kier alpha value is -1.15. The molecule has 0 aliphatic carbocycles. The number of sulfonamides is 1. The van der Waals surface area contributed by atoms with E-state index in [2.05, 4.69) is 4.74 Å². The zero-order valence-corrected chi connectivity index (χ0v) is 12.4. The van der Waals surface area contributed by atoms with Gasteiger partial charge in [0.05, 0.1) is 35.8 Å². The zero-order chi connectivity index (χ0) is 14.8. The third-order valence-corrected chi connectivity index (χ3v) is 5.18. The van der Waals surface area contributed by atoms with Gasteiger partial charge in [0.25, 0.3) is 0 Å². The number of carbonyl (C=O) groups is 1. The van der Waals surface area contributed by atoms with Crippen LogP contribution in [0.25, 0.3) is 0 Å². The number of benzene rings is 1. The topological polar surface area (TPSA) is 72.9 Å². The van der Waals surface area contributed by atoms with Gasteiger partial charge in [0.1, 0.15) is 0 Å². The Morgan fingerprint density at radius 1 is 1.35 bits per heavy atom. The Labute approximate surface area is 122 Å². The molecule has 1 aliphatic rings. The van der Waals surface area contributed by atoms with E-state index in [1.807, 2.05) is 0 Å². The first-order valence-corrected chi connectivity index (χ1v) is 7.74. The van der Waals surface area contributed by atoms with E-state index in [4.69, 9.17) is 16.3 Å². The summed E-state index contributed by atoms with van der Waals surface area (Å²) in [6.45, 7) is 1.30. The van der Waals surface area contributed by atoms with Crippen molar-refractivity contribution in [3.63, 3.8) is 0 Å². The molecule has 0 atom stereocenters. The number of nitrogens with zero attached hydrogens (tertiary/aromatic N) is 1. The van der Waals surface area contributed by atoms with Gasteiger partial charge in [-0.3, -0.25) is 0 Å². The van der Waals surface area contributed by atoms with Gasteiger partial charge in [-0.2, -0.15) is 4.31 Å². The van der Waals surface area contributed by atoms with E-state index in [9.17, 15) is 13.2 Å². The average Bonchev–Trinajstić information content (AvgIpc) is 2.47. The number of morpholine rings is 1. The van der Waals surface area contributed by atoms with Crippen LogP contribution in [0.2, 0.25) is 5.02 Å². The summed E-state index contributed by atoms with van der Waals surface area (Å²) in [5.41, 5.74) is 0.0310. The monoisotopic (exact) mass is 319 g/mol. The second kappa shape index (κ2) is 6.09. The van der Waals surface area contributed by atoms with Crippen molar-refractivity contribution in [1.82, 2.24) is 4.31 Å². The molecule has 0 spiro atoms. The van der Waals surface area contributed by atoms with Crippen LogP contribution in [0.1, 0.15) is 10.4 Å². The molecule has 1 aromatic carbocycles. The van der Waals surface area contributed by atoms with Crippen molar-refractivity contribution in [2.45, 2.75) is 4.90 Å². The second-order valence-corrected chi connectivity index (χ2v) is 6.49. The minimum absolute atomic E-state index is 0.0178. The fourth-order valence-electron chi connectivity index (χ4n) is 1.87. The molecule has 1 aliphatic heterocycles. The van der Waals surface area contributed by atoms with Crippen LogP contribution in [0.3, 0.4) is 0 Å². The van der Waals surface area contributed by atoms with Crippen LogP contribution < -0.4 is 0 Å². The molecule has 2 rings (SSSR count). The molecule has 0 bridgehead atoms. The molecule has 1 heterocycles. The maximum Gasteiger partial charge on any atom is 0.339 e. The lowest BCUT2D eigenvalue weighted by atomic mass is 10.2. The summed E-state index contributed by atoms with van der Waals surface area (Å²) in [7, 11) is -2.45. The van der Waals surface area contributed by atoms with E-state index in [0.29, 0.717) is 26.3 Å². The van der Waals surface area contributed by atoms with Gasteiger partial charge < -0.3 is 9.47 Å². The van der Waals surface area contributed by atoms with Gasteiger partial charge >= 0.3 is 5.97 Å². The van der Waals surface area contributed by atoms with Crippen molar-refractivity contribution >= 4 is 27.6 Å². The Morgan fingerprint density at radius 2 is 2.00 bits per heavy atom.